The molecular weight excluding hydrogens is 321 g/mol. The molecule has 3 aromatic rings. The van der Waals surface area contributed by atoms with E-state index >= 15 is 0 Å². The first-order chi connectivity index (χ1) is 12.0. The lowest BCUT2D eigenvalue weighted by Gasteiger charge is -2.10. The van der Waals surface area contributed by atoms with Gasteiger partial charge in [0.1, 0.15) is 5.82 Å². The van der Waals surface area contributed by atoms with E-state index in [-0.39, 0.29) is 11.6 Å². The molecule has 1 unspecified atom stereocenters. The number of aromatic nitrogens is 1. The quantitative estimate of drug-likeness (QED) is 0.432. The summed E-state index contributed by atoms with van der Waals surface area (Å²) in [7, 11) is 0. The molecule has 2 aromatic carbocycles. The first kappa shape index (κ1) is 16.6. The number of rotatable bonds is 5. The number of H-pyrrole nitrogens is 1. The van der Waals surface area contributed by atoms with Crippen LogP contribution in [0.5, 0.6) is 0 Å². The lowest BCUT2D eigenvalue weighted by Crippen LogP contribution is -2.23. The van der Waals surface area contributed by atoms with E-state index in [1.807, 2.05) is 24.3 Å². The van der Waals surface area contributed by atoms with Crippen LogP contribution in [-0.2, 0) is 9.53 Å². The zero-order chi connectivity index (χ0) is 17.8. The standard InChI is InChI=1S/C20H16FNO3/c1-13(20(24)17-12-22-18-5-3-2-4-16(17)18)25-19(23)11-8-14-6-9-15(21)10-7-14/h2-13,22H,1H3/b11-8+. The molecule has 0 saturated carbocycles. The molecule has 0 amide bonds. The molecule has 3 rings (SSSR count). The van der Waals surface area contributed by atoms with Gasteiger partial charge in [-0.05, 0) is 36.8 Å². The summed E-state index contributed by atoms with van der Waals surface area (Å²) in [6.45, 7) is 1.54. The molecule has 0 radical (unpaired) electrons. The molecule has 0 aliphatic carbocycles. The highest BCUT2D eigenvalue weighted by Crippen LogP contribution is 2.20. The summed E-state index contributed by atoms with van der Waals surface area (Å²) in [5.74, 6) is -1.26. The molecule has 0 spiro atoms. The number of para-hydroxylation sites is 1. The van der Waals surface area contributed by atoms with Crippen LogP contribution in [0.15, 0.2) is 60.8 Å². The molecule has 0 aliphatic heterocycles. The van der Waals surface area contributed by atoms with Crippen LogP contribution in [0.2, 0.25) is 0 Å². The SMILES string of the molecule is CC(OC(=O)/C=C/c1ccc(F)cc1)C(=O)c1c[nH]c2ccccc12. The summed E-state index contributed by atoms with van der Waals surface area (Å²) < 4.78 is 18.0. The average Bonchev–Trinajstić information content (AvgIpc) is 3.04. The summed E-state index contributed by atoms with van der Waals surface area (Å²) in [6.07, 6.45) is 3.42. The number of hydrogen-bond acceptors (Lipinski definition) is 3. The molecule has 1 N–H and O–H groups in total. The van der Waals surface area contributed by atoms with E-state index in [4.69, 9.17) is 4.74 Å². The summed E-state index contributed by atoms with van der Waals surface area (Å²) in [5, 5.41) is 0.789. The molecule has 126 valence electrons. The highest BCUT2D eigenvalue weighted by atomic mass is 19.1. The Morgan fingerprint density at radius 1 is 1.12 bits per heavy atom. The van der Waals surface area contributed by atoms with Gasteiger partial charge in [0.2, 0.25) is 5.78 Å². The fraction of sp³-hybridized carbons (Fsp3) is 0.100. The van der Waals surface area contributed by atoms with E-state index in [0.29, 0.717) is 11.1 Å². The van der Waals surface area contributed by atoms with Crippen LogP contribution in [0.1, 0.15) is 22.8 Å². The molecule has 0 bridgehead atoms. The minimum Gasteiger partial charge on any atom is -0.451 e. The number of ether oxygens (including phenoxy) is 1. The Hall–Kier alpha value is -3.21. The van der Waals surface area contributed by atoms with Gasteiger partial charge in [-0.25, -0.2) is 9.18 Å². The molecule has 5 heteroatoms. The van der Waals surface area contributed by atoms with E-state index in [9.17, 15) is 14.0 Å². The Morgan fingerprint density at radius 3 is 2.60 bits per heavy atom. The van der Waals surface area contributed by atoms with Gasteiger partial charge in [-0.1, -0.05) is 30.3 Å². The third-order valence-corrected chi connectivity index (χ3v) is 3.80. The van der Waals surface area contributed by atoms with Crippen molar-refractivity contribution in [3.63, 3.8) is 0 Å². The molecule has 1 aromatic heterocycles. The summed E-state index contributed by atoms with van der Waals surface area (Å²) >= 11 is 0. The number of aromatic amines is 1. The Labute approximate surface area is 143 Å². The number of halogens is 1. The van der Waals surface area contributed by atoms with Crippen molar-refractivity contribution in [3.8, 4) is 0 Å². The van der Waals surface area contributed by atoms with Gasteiger partial charge in [0.05, 0.1) is 0 Å². The molecule has 0 saturated heterocycles. The van der Waals surface area contributed by atoms with E-state index in [1.165, 1.54) is 31.2 Å². The lowest BCUT2D eigenvalue weighted by molar-refractivity contribution is -0.140. The Balaban J connectivity index is 1.66. The smallest absolute Gasteiger partial charge is 0.331 e. The highest BCUT2D eigenvalue weighted by Gasteiger charge is 2.21. The number of carbonyl (C=O) groups is 2. The van der Waals surface area contributed by atoms with Crippen molar-refractivity contribution in [1.82, 2.24) is 4.98 Å². The largest absolute Gasteiger partial charge is 0.451 e. The second-order valence-electron chi connectivity index (χ2n) is 5.58. The van der Waals surface area contributed by atoms with Crippen molar-refractivity contribution < 1.29 is 18.7 Å². The molecule has 0 fully saturated rings. The van der Waals surface area contributed by atoms with Crippen molar-refractivity contribution in [2.45, 2.75) is 13.0 Å². The van der Waals surface area contributed by atoms with Gasteiger partial charge in [0, 0.05) is 28.7 Å². The summed E-state index contributed by atoms with van der Waals surface area (Å²) in [6, 6.07) is 13.1. The van der Waals surface area contributed by atoms with E-state index < -0.39 is 12.1 Å². The van der Waals surface area contributed by atoms with E-state index in [0.717, 1.165) is 10.9 Å². The monoisotopic (exact) mass is 337 g/mol. The van der Waals surface area contributed by atoms with Crippen molar-refractivity contribution in [3.05, 3.63) is 77.7 Å². The number of carbonyl (C=O) groups excluding carboxylic acids is 2. The Kier molecular flexibility index (Phi) is 4.75. The Bertz CT molecular complexity index is 941. The van der Waals surface area contributed by atoms with Crippen LogP contribution >= 0.6 is 0 Å². The minimum absolute atomic E-state index is 0.277. The van der Waals surface area contributed by atoms with Gasteiger partial charge >= 0.3 is 5.97 Å². The third-order valence-electron chi connectivity index (χ3n) is 3.80. The second kappa shape index (κ2) is 7.13. The predicted molar refractivity (Wildman–Crippen MR) is 93.6 cm³/mol. The highest BCUT2D eigenvalue weighted by molar-refractivity contribution is 6.10. The van der Waals surface area contributed by atoms with Crippen molar-refractivity contribution in [2.24, 2.45) is 0 Å². The number of ketones is 1. The maximum absolute atomic E-state index is 12.8. The van der Waals surface area contributed by atoms with Crippen LogP contribution in [0.25, 0.3) is 17.0 Å². The van der Waals surface area contributed by atoms with Gasteiger partial charge in [0.25, 0.3) is 0 Å². The van der Waals surface area contributed by atoms with Crippen LogP contribution in [0.3, 0.4) is 0 Å². The topological polar surface area (TPSA) is 59.2 Å². The van der Waals surface area contributed by atoms with Crippen LogP contribution in [0, 0.1) is 5.82 Å². The number of benzene rings is 2. The molecule has 1 heterocycles. The number of nitrogens with one attached hydrogen (secondary N) is 1. The van der Waals surface area contributed by atoms with Gasteiger partial charge in [-0.15, -0.1) is 0 Å². The van der Waals surface area contributed by atoms with Crippen LogP contribution < -0.4 is 0 Å². The van der Waals surface area contributed by atoms with Crippen LogP contribution in [0.4, 0.5) is 4.39 Å². The minimum atomic E-state index is -0.912. The van der Waals surface area contributed by atoms with Crippen molar-refractivity contribution in [2.75, 3.05) is 0 Å². The van der Waals surface area contributed by atoms with E-state index in [1.54, 1.807) is 18.3 Å². The van der Waals surface area contributed by atoms with E-state index in [2.05, 4.69) is 4.98 Å². The molecule has 0 aliphatic rings. The first-order valence-electron chi connectivity index (χ1n) is 7.79. The number of Topliss-reactive ketones (excluding diaryl/α,β-unsaturated/α-hetero) is 1. The number of fused-ring (bicyclic) bond motifs is 1. The van der Waals surface area contributed by atoms with Crippen LogP contribution in [-0.4, -0.2) is 22.8 Å². The summed E-state index contributed by atoms with van der Waals surface area (Å²) in [5.41, 5.74) is 1.99. The fourth-order valence-electron chi connectivity index (χ4n) is 2.50. The maximum atomic E-state index is 12.8. The van der Waals surface area contributed by atoms with Crippen molar-refractivity contribution >= 4 is 28.7 Å². The first-order valence-corrected chi connectivity index (χ1v) is 7.79. The Morgan fingerprint density at radius 2 is 1.84 bits per heavy atom. The average molecular weight is 337 g/mol. The zero-order valence-corrected chi connectivity index (χ0v) is 13.5. The molecule has 1 atom stereocenters. The zero-order valence-electron chi connectivity index (χ0n) is 13.5. The maximum Gasteiger partial charge on any atom is 0.331 e. The molecule has 4 nitrogen and oxygen atoms in total. The predicted octanol–water partition coefficient (Wildman–Crippen LogP) is 4.13. The fourth-order valence-corrected chi connectivity index (χ4v) is 2.50. The number of esters is 1. The normalized spacial score (nSPS) is 12.4. The van der Waals surface area contributed by atoms with Crippen molar-refractivity contribution in [1.29, 1.82) is 0 Å². The molecular formula is C20H16FNO3. The van der Waals surface area contributed by atoms with Gasteiger partial charge in [-0.2, -0.15) is 0 Å². The second-order valence-corrected chi connectivity index (χ2v) is 5.58. The molecule has 25 heavy (non-hydrogen) atoms. The van der Waals surface area contributed by atoms with Gasteiger partial charge in [0.15, 0.2) is 6.10 Å². The van der Waals surface area contributed by atoms with Gasteiger partial charge < -0.3 is 9.72 Å². The third kappa shape index (κ3) is 3.83. The lowest BCUT2D eigenvalue weighted by atomic mass is 10.1. The van der Waals surface area contributed by atoms with Gasteiger partial charge in [-0.3, -0.25) is 4.79 Å². The number of hydrogen-bond donors (Lipinski definition) is 1. The summed E-state index contributed by atoms with van der Waals surface area (Å²) in [4.78, 5) is 27.4.